The second-order valence-corrected chi connectivity index (χ2v) is 8.57. The molecule has 0 atom stereocenters. The first kappa shape index (κ1) is 23.9. The second-order valence-electron chi connectivity index (χ2n) is 8.57. The van der Waals surface area contributed by atoms with Gasteiger partial charge in [-0.05, 0) is 39.3 Å². The number of aromatic nitrogens is 1. The van der Waals surface area contributed by atoms with Gasteiger partial charge in [0.15, 0.2) is 0 Å². The van der Waals surface area contributed by atoms with Gasteiger partial charge in [-0.15, -0.1) is 0 Å². The van der Waals surface area contributed by atoms with Crippen LogP contribution in [0.25, 0.3) is 0 Å². The summed E-state index contributed by atoms with van der Waals surface area (Å²) in [4.78, 5) is 33.8. The lowest BCUT2D eigenvalue weighted by Crippen LogP contribution is -2.48. The molecule has 1 aliphatic heterocycles. The molecule has 1 aromatic rings. The summed E-state index contributed by atoms with van der Waals surface area (Å²) in [6.07, 6.45) is -2.80. The van der Waals surface area contributed by atoms with Gasteiger partial charge in [-0.2, -0.15) is 13.2 Å². The molecule has 2 amide bonds. The van der Waals surface area contributed by atoms with E-state index in [9.17, 15) is 22.8 Å². The van der Waals surface area contributed by atoms with Gasteiger partial charge in [-0.3, -0.25) is 14.5 Å². The van der Waals surface area contributed by atoms with Crippen LogP contribution in [0.4, 0.5) is 19.0 Å². The molecule has 1 fully saturated rings. The van der Waals surface area contributed by atoms with Crippen molar-refractivity contribution in [3.05, 3.63) is 23.9 Å². The van der Waals surface area contributed by atoms with Crippen LogP contribution in [0.3, 0.4) is 0 Å². The lowest BCUT2D eigenvalue weighted by Gasteiger charge is -2.26. The number of rotatable bonds is 5. The van der Waals surface area contributed by atoms with Crippen LogP contribution in [0.5, 0.6) is 0 Å². The number of hydrogen-bond donors (Lipinski definition) is 1. The fourth-order valence-corrected chi connectivity index (χ4v) is 3.17. The zero-order valence-corrected chi connectivity index (χ0v) is 17.9. The zero-order valence-electron chi connectivity index (χ0n) is 17.9. The van der Waals surface area contributed by atoms with Crippen molar-refractivity contribution in [2.45, 2.75) is 38.9 Å². The van der Waals surface area contributed by atoms with Crippen molar-refractivity contribution in [3.63, 3.8) is 0 Å². The van der Waals surface area contributed by atoms with Crippen LogP contribution in [0, 0.1) is 0 Å². The Balaban J connectivity index is 1.86. The summed E-state index contributed by atoms with van der Waals surface area (Å²) in [5.41, 5.74) is -1.13. The van der Waals surface area contributed by atoms with Gasteiger partial charge in [0.25, 0.3) is 0 Å². The Morgan fingerprint density at radius 3 is 2.40 bits per heavy atom. The van der Waals surface area contributed by atoms with Crippen molar-refractivity contribution in [1.82, 2.24) is 20.1 Å². The molecule has 0 bridgehead atoms. The number of carbonyl (C=O) groups excluding carboxylic acids is 2. The molecular formula is C20H30F3N5O2. The molecule has 0 spiro atoms. The van der Waals surface area contributed by atoms with Crippen LogP contribution in [0.15, 0.2) is 18.3 Å². The molecule has 7 nitrogen and oxygen atoms in total. The third-order valence-corrected chi connectivity index (χ3v) is 4.67. The number of likely N-dealkylation sites (N-methyl/N-ethyl adjacent to an activating group) is 1. The molecule has 1 aliphatic rings. The summed E-state index contributed by atoms with van der Waals surface area (Å²) in [7, 11) is 1.60. The SMILES string of the molecule is CN(CC(=O)NC(C)(C)C)C(=O)CN1CCCN(c2ccc(C(F)(F)F)cn2)CC1. The highest BCUT2D eigenvalue weighted by molar-refractivity contribution is 5.85. The van der Waals surface area contributed by atoms with Crippen LogP contribution >= 0.6 is 0 Å². The fourth-order valence-electron chi connectivity index (χ4n) is 3.17. The van der Waals surface area contributed by atoms with Gasteiger partial charge in [0.2, 0.25) is 11.8 Å². The van der Waals surface area contributed by atoms with Crippen LogP contribution in [0.2, 0.25) is 0 Å². The molecule has 0 aliphatic carbocycles. The van der Waals surface area contributed by atoms with Gasteiger partial charge >= 0.3 is 6.18 Å². The van der Waals surface area contributed by atoms with Crippen LogP contribution < -0.4 is 10.2 Å². The summed E-state index contributed by atoms with van der Waals surface area (Å²) in [5, 5.41) is 2.83. The number of pyridine rings is 1. The number of alkyl halides is 3. The fraction of sp³-hybridized carbons (Fsp3) is 0.650. The maximum absolute atomic E-state index is 12.7. The van der Waals surface area contributed by atoms with Crippen LogP contribution in [-0.2, 0) is 15.8 Å². The highest BCUT2D eigenvalue weighted by Crippen LogP contribution is 2.29. The first-order chi connectivity index (χ1) is 13.8. The minimum absolute atomic E-state index is 0.00839. The molecule has 1 saturated heterocycles. The third-order valence-electron chi connectivity index (χ3n) is 4.67. The molecule has 168 valence electrons. The Labute approximate surface area is 175 Å². The Bertz CT molecular complexity index is 731. The third kappa shape index (κ3) is 7.47. The van der Waals surface area contributed by atoms with Gasteiger partial charge < -0.3 is 15.1 Å². The lowest BCUT2D eigenvalue weighted by atomic mass is 10.1. The average molecular weight is 429 g/mol. The van der Waals surface area contributed by atoms with Crippen molar-refractivity contribution in [2.24, 2.45) is 0 Å². The van der Waals surface area contributed by atoms with Crippen LogP contribution in [0.1, 0.15) is 32.8 Å². The van der Waals surface area contributed by atoms with E-state index in [1.54, 1.807) is 7.05 Å². The Morgan fingerprint density at radius 2 is 1.83 bits per heavy atom. The van der Waals surface area contributed by atoms with E-state index in [1.807, 2.05) is 30.6 Å². The van der Waals surface area contributed by atoms with E-state index < -0.39 is 11.7 Å². The summed E-state index contributed by atoms with van der Waals surface area (Å²) in [6, 6.07) is 2.41. The number of carbonyl (C=O) groups is 2. The van der Waals surface area contributed by atoms with E-state index in [2.05, 4.69) is 10.3 Å². The number of hydrogen-bond acceptors (Lipinski definition) is 5. The number of amides is 2. The number of halogens is 3. The van der Waals surface area contributed by atoms with Gasteiger partial charge in [-0.25, -0.2) is 4.98 Å². The summed E-state index contributed by atoms with van der Waals surface area (Å²) in [5.74, 6) is 0.126. The molecule has 30 heavy (non-hydrogen) atoms. The zero-order chi connectivity index (χ0) is 22.5. The van der Waals surface area contributed by atoms with E-state index in [0.29, 0.717) is 32.0 Å². The molecular weight excluding hydrogens is 399 g/mol. The largest absolute Gasteiger partial charge is 0.417 e. The number of anilines is 1. The van der Waals surface area contributed by atoms with E-state index in [-0.39, 0.29) is 30.4 Å². The molecule has 0 saturated carbocycles. The Kier molecular flexibility index (Phi) is 7.68. The van der Waals surface area contributed by atoms with Crippen molar-refractivity contribution >= 4 is 17.6 Å². The monoisotopic (exact) mass is 429 g/mol. The van der Waals surface area contributed by atoms with Gasteiger partial charge in [0.1, 0.15) is 5.82 Å². The highest BCUT2D eigenvalue weighted by atomic mass is 19.4. The molecule has 1 N–H and O–H groups in total. The summed E-state index contributed by atoms with van der Waals surface area (Å²) >= 11 is 0. The minimum Gasteiger partial charge on any atom is -0.355 e. The van der Waals surface area contributed by atoms with Crippen molar-refractivity contribution < 1.29 is 22.8 Å². The molecule has 1 aromatic heterocycles. The average Bonchev–Trinajstić information content (AvgIpc) is 2.85. The number of nitrogens with zero attached hydrogens (tertiary/aromatic N) is 4. The minimum atomic E-state index is -4.41. The van der Waals surface area contributed by atoms with Gasteiger partial charge in [-0.1, -0.05) is 0 Å². The summed E-state index contributed by atoms with van der Waals surface area (Å²) < 4.78 is 38.1. The second kappa shape index (κ2) is 9.63. The molecule has 0 radical (unpaired) electrons. The van der Waals surface area contributed by atoms with Crippen molar-refractivity contribution in [3.8, 4) is 0 Å². The predicted molar refractivity (Wildman–Crippen MR) is 108 cm³/mol. The summed E-state index contributed by atoms with van der Waals surface area (Å²) in [6.45, 7) is 8.27. The molecule has 2 rings (SSSR count). The standard InChI is InChI=1S/C20H30F3N5O2/c1-19(2,3)25-17(29)13-26(4)18(30)14-27-8-5-9-28(11-10-27)16-7-6-15(12-24-16)20(21,22)23/h6-7,12H,5,8-11,13-14H2,1-4H3,(H,25,29). The van der Waals surface area contributed by atoms with Crippen LogP contribution in [-0.4, -0.2) is 78.5 Å². The van der Waals surface area contributed by atoms with Gasteiger partial charge in [0, 0.05) is 45.0 Å². The number of nitrogens with one attached hydrogen (secondary N) is 1. The molecule has 0 aromatic carbocycles. The Morgan fingerprint density at radius 1 is 1.13 bits per heavy atom. The van der Waals surface area contributed by atoms with Crippen molar-refractivity contribution in [2.75, 3.05) is 51.2 Å². The van der Waals surface area contributed by atoms with E-state index >= 15 is 0 Å². The smallest absolute Gasteiger partial charge is 0.355 e. The first-order valence-corrected chi connectivity index (χ1v) is 9.91. The molecule has 0 unspecified atom stereocenters. The first-order valence-electron chi connectivity index (χ1n) is 9.91. The normalized spacial score (nSPS) is 16.2. The topological polar surface area (TPSA) is 68.8 Å². The predicted octanol–water partition coefficient (Wildman–Crippen LogP) is 1.99. The lowest BCUT2D eigenvalue weighted by molar-refractivity contribution is -0.137. The highest BCUT2D eigenvalue weighted by Gasteiger charge is 2.31. The van der Waals surface area contributed by atoms with E-state index in [0.717, 1.165) is 18.7 Å². The maximum Gasteiger partial charge on any atom is 0.417 e. The van der Waals surface area contributed by atoms with E-state index in [1.165, 1.54) is 11.0 Å². The molecule has 10 heteroatoms. The van der Waals surface area contributed by atoms with E-state index in [4.69, 9.17) is 0 Å². The molecule has 2 heterocycles. The quantitative estimate of drug-likeness (QED) is 0.775. The Hall–Kier alpha value is -2.36. The van der Waals surface area contributed by atoms with Gasteiger partial charge in [0.05, 0.1) is 18.7 Å². The maximum atomic E-state index is 12.7. The van der Waals surface area contributed by atoms with Crippen molar-refractivity contribution in [1.29, 1.82) is 0 Å².